The van der Waals surface area contributed by atoms with E-state index in [1.54, 1.807) is 0 Å². The van der Waals surface area contributed by atoms with Gasteiger partial charge in [-0.25, -0.2) is 0 Å². The summed E-state index contributed by atoms with van der Waals surface area (Å²) in [7, 11) is 0. The van der Waals surface area contributed by atoms with Crippen LogP contribution in [0.4, 0.5) is 17.6 Å². The monoisotopic (exact) mass is 297 g/mol. The Balaban J connectivity index is 1.98. The Morgan fingerprint density at radius 3 is 2.14 bits per heavy atom. The fourth-order valence-electron chi connectivity index (χ4n) is 2.81. The fourth-order valence-corrected chi connectivity index (χ4v) is 2.81. The molecule has 0 bridgehead atoms. The van der Waals surface area contributed by atoms with Gasteiger partial charge in [0.25, 0.3) is 0 Å². The SMILES string of the molecule is N#CC(F)=CC1CCC(c2ccc(C(F)(F)F)cc2)CC1. The smallest absolute Gasteiger partial charge is 0.195 e. The summed E-state index contributed by atoms with van der Waals surface area (Å²) in [6, 6.07) is 6.73. The van der Waals surface area contributed by atoms with Crippen molar-refractivity contribution in [2.45, 2.75) is 37.8 Å². The number of rotatable bonds is 2. The van der Waals surface area contributed by atoms with Crippen molar-refractivity contribution < 1.29 is 17.6 Å². The highest BCUT2D eigenvalue weighted by Gasteiger charge is 2.30. The van der Waals surface area contributed by atoms with E-state index in [1.807, 2.05) is 0 Å². The third-order valence-electron chi connectivity index (χ3n) is 3.97. The van der Waals surface area contributed by atoms with Gasteiger partial charge in [-0.1, -0.05) is 12.1 Å². The molecule has 1 fully saturated rings. The van der Waals surface area contributed by atoms with Gasteiger partial charge in [0.15, 0.2) is 5.83 Å². The molecule has 0 aromatic heterocycles. The molecule has 1 aromatic rings. The summed E-state index contributed by atoms with van der Waals surface area (Å²) < 4.78 is 50.4. The molecular weight excluding hydrogens is 282 g/mol. The number of allylic oxidation sites excluding steroid dienone is 2. The summed E-state index contributed by atoms with van der Waals surface area (Å²) in [6.45, 7) is 0. The highest BCUT2D eigenvalue weighted by Crippen LogP contribution is 2.38. The molecule has 5 heteroatoms. The minimum absolute atomic E-state index is 0.0512. The first-order chi connectivity index (χ1) is 9.90. The largest absolute Gasteiger partial charge is 0.416 e. The molecule has 0 amide bonds. The molecule has 0 heterocycles. The maximum atomic E-state index is 12.9. The van der Waals surface area contributed by atoms with E-state index in [-0.39, 0.29) is 11.8 Å². The van der Waals surface area contributed by atoms with E-state index < -0.39 is 17.6 Å². The maximum absolute atomic E-state index is 12.9. The van der Waals surface area contributed by atoms with E-state index >= 15 is 0 Å². The molecule has 112 valence electrons. The molecule has 1 saturated carbocycles. The molecule has 0 unspecified atom stereocenters. The molecule has 1 aliphatic rings. The second-order valence-corrected chi connectivity index (χ2v) is 5.36. The zero-order valence-corrected chi connectivity index (χ0v) is 11.3. The zero-order chi connectivity index (χ0) is 15.5. The lowest BCUT2D eigenvalue weighted by Crippen LogP contribution is -2.12. The summed E-state index contributed by atoms with van der Waals surface area (Å²) >= 11 is 0. The number of hydrogen-bond acceptors (Lipinski definition) is 1. The van der Waals surface area contributed by atoms with Gasteiger partial charge in [-0.15, -0.1) is 0 Å². The van der Waals surface area contributed by atoms with Gasteiger partial charge in [0.1, 0.15) is 6.07 Å². The van der Waals surface area contributed by atoms with Crippen LogP contribution >= 0.6 is 0 Å². The van der Waals surface area contributed by atoms with Crippen molar-refractivity contribution in [2.75, 3.05) is 0 Å². The Bertz CT molecular complexity index is 543. The first-order valence-corrected chi connectivity index (χ1v) is 6.84. The lowest BCUT2D eigenvalue weighted by molar-refractivity contribution is -0.137. The van der Waals surface area contributed by atoms with E-state index in [2.05, 4.69) is 0 Å². The van der Waals surface area contributed by atoms with Crippen LogP contribution in [0.25, 0.3) is 0 Å². The second kappa shape index (κ2) is 6.30. The highest BCUT2D eigenvalue weighted by atomic mass is 19.4. The molecule has 21 heavy (non-hydrogen) atoms. The van der Waals surface area contributed by atoms with Gasteiger partial charge >= 0.3 is 6.18 Å². The van der Waals surface area contributed by atoms with Crippen molar-refractivity contribution in [3.8, 4) is 6.07 Å². The van der Waals surface area contributed by atoms with Crippen LogP contribution in [0.1, 0.15) is 42.7 Å². The van der Waals surface area contributed by atoms with Gasteiger partial charge in [-0.3, -0.25) is 0 Å². The summed E-state index contributed by atoms with van der Waals surface area (Å²) in [4.78, 5) is 0. The number of benzene rings is 1. The van der Waals surface area contributed by atoms with Crippen molar-refractivity contribution in [1.82, 2.24) is 0 Å². The van der Waals surface area contributed by atoms with E-state index in [4.69, 9.17) is 5.26 Å². The van der Waals surface area contributed by atoms with Crippen molar-refractivity contribution in [1.29, 1.82) is 5.26 Å². The lowest BCUT2D eigenvalue weighted by Gasteiger charge is -2.27. The van der Waals surface area contributed by atoms with Crippen LogP contribution in [-0.2, 0) is 6.18 Å². The van der Waals surface area contributed by atoms with E-state index in [0.717, 1.165) is 43.4 Å². The van der Waals surface area contributed by atoms with Crippen LogP contribution in [-0.4, -0.2) is 0 Å². The maximum Gasteiger partial charge on any atom is 0.416 e. The van der Waals surface area contributed by atoms with Crippen LogP contribution in [0.2, 0.25) is 0 Å². The average Bonchev–Trinajstić information content (AvgIpc) is 2.47. The van der Waals surface area contributed by atoms with Crippen molar-refractivity contribution in [3.63, 3.8) is 0 Å². The zero-order valence-electron chi connectivity index (χ0n) is 11.3. The molecule has 0 radical (unpaired) electrons. The van der Waals surface area contributed by atoms with E-state index in [1.165, 1.54) is 24.3 Å². The predicted molar refractivity (Wildman–Crippen MR) is 70.9 cm³/mol. The van der Waals surface area contributed by atoms with Crippen LogP contribution in [0, 0.1) is 17.2 Å². The third-order valence-corrected chi connectivity index (χ3v) is 3.97. The van der Waals surface area contributed by atoms with Crippen molar-refractivity contribution >= 4 is 0 Å². The number of nitriles is 1. The minimum atomic E-state index is -4.31. The first kappa shape index (κ1) is 15.6. The van der Waals surface area contributed by atoms with E-state index in [0.29, 0.717) is 0 Å². The topological polar surface area (TPSA) is 23.8 Å². The molecule has 1 aliphatic carbocycles. The summed E-state index contributed by atoms with van der Waals surface area (Å²) in [5.74, 6) is -0.495. The van der Waals surface area contributed by atoms with Crippen LogP contribution in [0.15, 0.2) is 36.2 Å². The predicted octanol–water partition coefficient (Wildman–Crippen LogP) is 5.36. The first-order valence-electron chi connectivity index (χ1n) is 6.84. The van der Waals surface area contributed by atoms with Gasteiger partial charge in [0, 0.05) is 0 Å². The summed E-state index contributed by atoms with van der Waals surface area (Å²) in [6.07, 6.45) is 0.136. The number of alkyl halides is 3. The Morgan fingerprint density at radius 1 is 1.10 bits per heavy atom. The normalized spacial score (nSPS) is 23.7. The van der Waals surface area contributed by atoms with Crippen molar-refractivity contribution in [3.05, 3.63) is 47.3 Å². The van der Waals surface area contributed by atoms with Crippen LogP contribution in [0.5, 0.6) is 0 Å². The molecule has 2 rings (SSSR count). The van der Waals surface area contributed by atoms with Gasteiger partial charge in [-0.05, 0) is 61.3 Å². The molecule has 0 aliphatic heterocycles. The molecule has 0 spiro atoms. The van der Waals surface area contributed by atoms with Gasteiger partial charge in [0.2, 0.25) is 0 Å². The fraction of sp³-hybridized carbons (Fsp3) is 0.438. The number of nitrogens with zero attached hydrogens (tertiary/aromatic N) is 1. The van der Waals surface area contributed by atoms with Crippen LogP contribution in [0.3, 0.4) is 0 Å². The van der Waals surface area contributed by atoms with E-state index in [9.17, 15) is 17.6 Å². The number of hydrogen-bond donors (Lipinski definition) is 0. The summed E-state index contributed by atoms with van der Waals surface area (Å²) in [5, 5.41) is 8.40. The molecule has 1 aromatic carbocycles. The Labute approximate surface area is 120 Å². The number of halogens is 4. The Morgan fingerprint density at radius 2 is 1.67 bits per heavy atom. The molecule has 0 N–H and O–H groups in total. The van der Waals surface area contributed by atoms with Crippen molar-refractivity contribution in [2.24, 2.45) is 5.92 Å². The lowest BCUT2D eigenvalue weighted by atomic mass is 9.78. The Kier molecular flexibility index (Phi) is 4.66. The van der Waals surface area contributed by atoms with Gasteiger partial charge in [-0.2, -0.15) is 22.8 Å². The molecular formula is C16H15F4N. The summed E-state index contributed by atoms with van der Waals surface area (Å²) in [5.41, 5.74) is 0.255. The quantitative estimate of drug-likeness (QED) is 0.533. The third kappa shape index (κ3) is 4.07. The minimum Gasteiger partial charge on any atom is -0.195 e. The van der Waals surface area contributed by atoms with Gasteiger partial charge in [0.05, 0.1) is 5.56 Å². The molecule has 0 saturated heterocycles. The van der Waals surface area contributed by atoms with Crippen LogP contribution < -0.4 is 0 Å². The highest BCUT2D eigenvalue weighted by molar-refractivity contribution is 5.27. The molecule has 1 nitrogen and oxygen atoms in total. The average molecular weight is 297 g/mol. The molecule has 0 atom stereocenters. The van der Waals surface area contributed by atoms with Gasteiger partial charge < -0.3 is 0 Å². The standard InChI is InChI=1S/C16H15F4N/c17-15(10-21)9-11-1-3-12(4-2-11)13-5-7-14(8-6-13)16(18,19)20/h5-9,11-12H,1-4H2. The Hall–Kier alpha value is -1.83. The second-order valence-electron chi connectivity index (χ2n) is 5.36.